The first-order valence-corrected chi connectivity index (χ1v) is 5.38. The minimum Gasteiger partial charge on any atom is -0.381 e. The Kier molecular flexibility index (Phi) is 3.58. The summed E-state index contributed by atoms with van der Waals surface area (Å²) in [5, 5.41) is 3.56. The Labute approximate surface area is 79.8 Å². The summed E-state index contributed by atoms with van der Waals surface area (Å²) in [6.45, 7) is 3.83. The van der Waals surface area contributed by atoms with Crippen LogP contribution >= 0.6 is 0 Å². The Morgan fingerprint density at radius 1 is 1.08 bits per heavy atom. The lowest BCUT2D eigenvalue weighted by atomic mass is 10.1. The van der Waals surface area contributed by atoms with Gasteiger partial charge in [-0.1, -0.05) is 0 Å². The van der Waals surface area contributed by atoms with Gasteiger partial charge in [0, 0.05) is 32.4 Å². The van der Waals surface area contributed by atoms with Crippen LogP contribution in [-0.4, -0.2) is 38.5 Å². The van der Waals surface area contributed by atoms with Gasteiger partial charge in [-0.05, 0) is 25.7 Å². The molecule has 0 spiro atoms. The molecule has 1 N–H and O–H groups in total. The third-order valence-electron chi connectivity index (χ3n) is 2.88. The van der Waals surface area contributed by atoms with Crippen molar-refractivity contribution in [2.45, 2.75) is 37.8 Å². The molecule has 1 atom stereocenters. The zero-order valence-corrected chi connectivity index (χ0v) is 8.13. The van der Waals surface area contributed by atoms with Crippen molar-refractivity contribution in [3.05, 3.63) is 0 Å². The van der Waals surface area contributed by atoms with Crippen LogP contribution in [0.5, 0.6) is 0 Å². The van der Waals surface area contributed by atoms with E-state index in [1.54, 1.807) is 0 Å². The third-order valence-corrected chi connectivity index (χ3v) is 2.88. The summed E-state index contributed by atoms with van der Waals surface area (Å²) >= 11 is 0. The van der Waals surface area contributed by atoms with Crippen molar-refractivity contribution in [1.82, 2.24) is 5.32 Å². The van der Waals surface area contributed by atoms with Gasteiger partial charge in [0.25, 0.3) is 0 Å². The van der Waals surface area contributed by atoms with Crippen molar-refractivity contribution < 1.29 is 9.47 Å². The summed E-state index contributed by atoms with van der Waals surface area (Å²) in [4.78, 5) is 0. The van der Waals surface area contributed by atoms with E-state index < -0.39 is 0 Å². The summed E-state index contributed by atoms with van der Waals surface area (Å²) in [6.07, 6.45) is 5.26. The Morgan fingerprint density at radius 3 is 2.62 bits per heavy atom. The van der Waals surface area contributed by atoms with Gasteiger partial charge in [-0.3, -0.25) is 0 Å². The van der Waals surface area contributed by atoms with Crippen LogP contribution < -0.4 is 5.32 Å². The van der Waals surface area contributed by atoms with E-state index in [-0.39, 0.29) is 0 Å². The van der Waals surface area contributed by atoms with Crippen molar-refractivity contribution in [2.24, 2.45) is 0 Å². The number of ether oxygens (including phenoxy) is 2. The molecule has 2 aliphatic rings. The molecule has 0 radical (unpaired) electrons. The second kappa shape index (κ2) is 4.94. The maximum atomic E-state index is 5.55. The second-order valence-corrected chi connectivity index (χ2v) is 3.93. The topological polar surface area (TPSA) is 30.5 Å². The highest BCUT2D eigenvalue weighted by atomic mass is 16.5. The number of hydrogen-bond donors (Lipinski definition) is 1. The zero-order valence-electron chi connectivity index (χ0n) is 8.13. The first-order valence-electron chi connectivity index (χ1n) is 5.38. The molecule has 2 fully saturated rings. The Balaban J connectivity index is 1.60. The van der Waals surface area contributed by atoms with Gasteiger partial charge in [-0.15, -0.1) is 0 Å². The maximum absolute atomic E-state index is 5.55. The average Bonchev–Trinajstić information content (AvgIpc) is 2.69. The second-order valence-electron chi connectivity index (χ2n) is 3.93. The molecule has 0 aromatic heterocycles. The van der Waals surface area contributed by atoms with Crippen LogP contribution in [0.3, 0.4) is 0 Å². The van der Waals surface area contributed by atoms with E-state index in [0.717, 1.165) is 39.2 Å². The number of rotatable bonds is 3. The largest absolute Gasteiger partial charge is 0.381 e. The molecule has 0 saturated carbocycles. The van der Waals surface area contributed by atoms with Gasteiger partial charge in [0.15, 0.2) is 0 Å². The van der Waals surface area contributed by atoms with Gasteiger partial charge in [-0.25, -0.2) is 0 Å². The van der Waals surface area contributed by atoms with E-state index in [0.29, 0.717) is 12.1 Å². The van der Waals surface area contributed by atoms with E-state index in [9.17, 15) is 0 Å². The molecule has 2 heterocycles. The molecule has 13 heavy (non-hydrogen) atoms. The van der Waals surface area contributed by atoms with Crippen LogP contribution in [0.15, 0.2) is 0 Å². The standard InChI is InChI=1S/C10H19NO2/c1-2-10(13-5-1)8-11-9-3-6-12-7-4-9/h9-11H,1-8H2. The van der Waals surface area contributed by atoms with Gasteiger partial charge in [0.1, 0.15) is 0 Å². The van der Waals surface area contributed by atoms with Crippen LogP contribution in [0.4, 0.5) is 0 Å². The first kappa shape index (κ1) is 9.44. The predicted octanol–water partition coefficient (Wildman–Crippen LogP) is 0.934. The normalized spacial score (nSPS) is 30.9. The summed E-state index contributed by atoms with van der Waals surface area (Å²) in [6, 6.07) is 0.665. The highest BCUT2D eigenvalue weighted by molar-refractivity contribution is 4.74. The van der Waals surface area contributed by atoms with Crippen LogP contribution in [0.25, 0.3) is 0 Å². The Hall–Kier alpha value is -0.120. The van der Waals surface area contributed by atoms with E-state index in [2.05, 4.69) is 5.32 Å². The fourth-order valence-corrected chi connectivity index (χ4v) is 2.01. The molecule has 1 unspecified atom stereocenters. The van der Waals surface area contributed by atoms with Crippen LogP contribution in [0.1, 0.15) is 25.7 Å². The summed E-state index contributed by atoms with van der Waals surface area (Å²) in [7, 11) is 0. The van der Waals surface area contributed by atoms with E-state index >= 15 is 0 Å². The van der Waals surface area contributed by atoms with E-state index in [1.165, 1.54) is 12.8 Å². The van der Waals surface area contributed by atoms with E-state index in [1.807, 2.05) is 0 Å². The number of nitrogens with one attached hydrogen (secondary N) is 1. The summed E-state index contributed by atoms with van der Waals surface area (Å²) in [5.74, 6) is 0. The molecule has 0 amide bonds. The van der Waals surface area contributed by atoms with Crippen LogP contribution in [0, 0.1) is 0 Å². The maximum Gasteiger partial charge on any atom is 0.0700 e. The molecule has 0 aliphatic carbocycles. The number of hydrogen-bond acceptors (Lipinski definition) is 3. The van der Waals surface area contributed by atoms with Gasteiger partial charge < -0.3 is 14.8 Å². The fourth-order valence-electron chi connectivity index (χ4n) is 2.01. The molecule has 0 bridgehead atoms. The zero-order chi connectivity index (χ0) is 8.93. The lowest BCUT2D eigenvalue weighted by molar-refractivity contribution is 0.0669. The molecule has 3 heteroatoms. The Morgan fingerprint density at radius 2 is 1.92 bits per heavy atom. The van der Waals surface area contributed by atoms with Gasteiger partial charge in [0.2, 0.25) is 0 Å². The molecule has 2 aliphatic heterocycles. The summed E-state index contributed by atoms with van der Waals surface area (Å²) < 4.78 is 10.9. The molecular formula is C10H19NO2. The van der Waals surface area contributed by atoms with Crippen molar-refractivity contribution in [3.8, 4) is 0 Å². The highest BCUT2D eigenvalue weighted by Crippen LogP contribution is 2.12. The molecule has 0 aromatic rings. The molecule has 0 aromatic carbocycles. The molecular weight excluding hydrogens is 166 g/mol. The van der Waals surface area contributed by atoms with Crippen LogP contribution in [0.2, 0.25) is 0 Å². The molecule has 2 rings (SSSR count). The van der Waals surface area contributed by atoms with Crippen LogP contribution in [-0.2, 0) is 9.47 Å². The van der Waals surface area contributed by atoms with Gasteiger partial charge >= 0.3 is 0 Å². The molecule has 2 saturated heterocycles. The van der Waals surface area contributed by atoms with E-state index in [4.69, 9.17) is 9.47 Å². The predicted molar refractivity (Wildman–Crippen MR) is 50.8 cm³/mol. The first-order chi connectivity index (χ1) is 6.45. The summed E-state index contributed by atoms with van der Waals surface area (Å²) in [5.41, 5.74) is 0. The van der Waals surface area contributed by atoms with Crippen molar-refractivity contribution in [3.63, 3.8) is 0 Å². The highest BCUT2D eigenvalue weighted by Gasteiger charge is 2.18. The minimum atomic E-state index is 0.475. The fraction of sp³-hybridized carbons (Fsp3) is 1.00. The Bertz CT molecular complexity index is 140. The third kappa shape index (κ3) is 2.93. The SMILES string of the molecule is C1COC(CNC2CCOCC2)C1. The van der Waals surface area contributed by atoms with Crippen molar-refractivity contribution >= 4 is 0 Å². The average molecular weight is 185 g/mol. The monoisotopic (exact) mass is 185 g/mol. The lowest BCUT2D eigenvalue weighted by Gasteiger charge is -2.24. The minimum absolute atomic E-state index is 0.475. The molecule has 76 valence electrons. The smallest absolute Gasteiger partial charge is 0.0700 e. The quantitative estimate of drug-likeness (QED) is 0.709. The van der Waals surface area contributed by atoms with Gasteiger partial charge in [0.05, 0.1) is 6.10 Å². The lowest BCUT2D eigenvalue weighted by Crippen LogP contribution is -2.39. The van der Waals surface area contributed by atoms with Crippen molar-refractivity contribution in [1.29, 1.82) is 0 Å². The van der Waals surface area contributed by atoms with Crippen molar-refractivity contribution in [2.75, 3.05) is 26.4 Å². The molecule has 3 nitrogen and oxygen atoms in total. The van der Waals surface area contributed by atoms with Gasteiger partial charge in [-0.2, -0.15) is 0 Å².